The molecule has 0 aliphatic heterocycles. The van der Waals surface area contributed by atoms with E-state index in [0.29, 0.717) is 0 Å². The van der Waals surface area contributed by atoms with Gasteiger partial charge in [0.25, 0.3) is 10.0 Å². The monoisotopic (exact) mass is 255 g/mol. The van der Waals surface area contributed by atoms with Gasteiger partial charge in [-0.25, -0.2) is 8.42 Å². The highest BCUT2D eigenvalue weighted by Gasteiger charge is 2.14. The fraction of sp³-hybridized carbons (Fsp3) is 0.143. The van der Waals surface area contributed by atoms with Crippen LogP contribution in [0, 0.1) is 0 Å². The van der Waals surface area contributed by atoms with Crippen LogP contribution in [0.5, 0.6) is 0 Å². The predicted octanol–water partition coefficient (Wildman–Crippen LogP) is 1.83. The molecule has 0 radical (unpaired) electrons. The Hall–Kier alpha value is -0.330. The van der Waals surface area contributed by atoms with E-state index < -0.39 is 10.0 Å². The van der Waals surface area contributed by atoms with E-state index in [1.165, 1.54) is 25.3 Å². The first-order valence-corrected chi connectivity index (χ1v) is 5.70. The quantitative estimate of drug-likeness (QED) is 0.839. The van der Waals surface area contributed by atoms with Gasteiger partial charge in [0.1, 0.15) is 0 Å². The van der Waals surface area contributed by atoms with Crippen LogP contribution < -0.4 is 4.89 Å². The van der Waals surface area contributed by atoms with Gasteiger partial charge in [-0.3, -0.25) is 4.84 Å². The van der Waals surface area contributed by atoms with E-state index in [9.17, 15) is 8.42 Å². The van der Waals surface area contributed by atoms with Crippen LogP contribution in [0.2, 0.25) is 10.0 Å². The molecule has 0 bridgehead atoms. The highest BCUT2D eigenvalue weighted by Crippen LogP contribution is 2.21. The number of hydrogen-bond acceptors (Lipinski definition) is 3. The molecular formula is C7H7Cl2NO3S. The van der Waals surface area contributed by atoms with E-state index in [4.69, 9.17) is 23.2 Å². The van der Waals surface area contributed by atoms with E-state index in [1.807, 2.05) is 4.89 Å². The van der Waals surface area contributed by atoms with Crippen molar-refractivity contribution in [1.82, 2.24) is 4.89 Å². The topological polar surface area (TPSA) is 55.4 Å². The number of sulfonamides is 1. The molecule has 1 N–H and O–H groups in total. The predicted molar refractivity (Wildman–Crippen MR) is 53.8 cm³/mol. The van der Waals surface area contributed by atoms with Gasteiger partial charge in [0.15, 0.2) is 0 Å². The van der Waals surface area contributed by atoms with Crippen LogP contribution >= 0.6 is 23.2 Å². The summed E-state index contributed by atoms with van der Waals surface area (Å²) < 4.78 is 22.8. The first-order chi connectivity index (χ1) is 6.45. The fourth-order valence-corrected chi connectivity index (χ4v) is 2.38. The Morgan fingerprint density at radius 1 is 1.21 bits per heavy atom. The Balaban J connectivity index is 3.19. The van der Waals surface area contributed by atoms with Gasteiger partial charge < -0.3 is 0 Å². The number of rotatable bonds is 3. The summed E-state index contributed by atoms with van der Waals surface area (Å²) in [6.07, 6.45) is 0. The Morgan fingerprint density at radius 2 is 1.71 bits per heavy atom. The second-order valence-corrected chi connectivity index (χ2v) is 4.91. The summed E-state index contributed by atoms with van der Waals surface area (Å²) >= 11 is 11.3. The third-order valence-electron chi connectivity index (χ3n) is 1.34. The lowest BCUT2D eigenvalue weighted by Crippen LogP contribution is -2.22. The third-order valence-corrected chi connectivity index (χ3v) is 3.02. The summed E-state index contributed by atoms with van der Waals surface area (Å²) in [7, 11) is -2.50. The molecule has 14 heavy (non-hydrogen) atoms. The van der Waals surface area contributed by atoms with E-state index in [2.05, 4.69) is 4.84 Å². The maximum atomic E-state index is 11.4. The summed E-state index contributed by atoms with van der Waals surface area (Å²) in [5, 5.41) is 0.489. The van der Waals surface area contributed by atoms with Crippen molar-refractivity contribution in [1.29, 1.82) is 0 Å². The highest BCUT2D eigenvalue weighted by atomic mass is 35.5. The zero-order chi connectivity index (χ0) is 10.8. The highest BCUT2D eigenvalue weighted by molar-refractivity contribution is 7.89. The second-order valence-electron chi connectivity index (χ2n) is 2.40. The maximum absolute atomic E-state index is 11.4. The Morgan fingerprint density at radius 3 is 2.14 bits per heavy atom. The average molecular weight is 256 g/mol. The van der Waals surface area contributed by atoms with Crippen LogP contribution in [0.4, 0.5) is 0 Å². The zero-order valence-corrected chi connectivity index (χ0v) is 9.45. The number of nitrogens with one attached hydrogen (secondary N) is 1. The standard InChI is InChI=1S/C7H7Cl2NO3S/c1-13-10-14(11,12)7-3-5(8)2-6(9)4-7/h2-4,10H,1H3. The van der Waals surface area contributed by atoms with E-state index in [1.54, 1.807) is 0 Å². The Labute approximate surface area is 91.8 Å². The van der Waals surface area contributed by atoms with Gasteiger partial charge in [-0.2, -0.15) is 0 Å². The van der Waals surface area contributed by atoms with Crippen LogP contribution in [0.15, 0.2) is 23.1 Å². The van der Waals surface area contributed by atoms with Crippen molar-refractivity contribution < 1.29 is 13.3 Å². The smallest absolute Gasteiger partial charge is 0.262 e. The van der Waals surface area contributed by atoms with Gasteiger partial charge in [-0.1, -0.05) is 28.1 Å². The van der Waals surface area contributed by atoms with Gasteiger partial charge in [0, 0.05) is 10.0 Å². The molecule has 0 aromatic heterocycles. The largest absolute Gasteiger partial charge is 0.290 e. The van der Waals surface area contributed by atoms with Crippen molar-refractivity contribution in [2.45, 2.75) is 4.90 Å². The van der Waals surface area contributed by atoms with Gasteiger partial charge in [0.2, 0.25) is 0 Å². The first kappa shape index (κ1) is 11.7. The normalized spacial score (nSPS) is 11.6. The van der Waals surface area contributed by atoms with Crippen LogP contribution in [-0.4, -0.2) is 15.5 Å². The van der Waals surface area contributed by atoms with Crippen molar-refractivity contribution in [3.05, 3.63) is 28.2 Å². The van der Waals surface area contributed by atoms with Gasteiger partial charge in [-0.15, -0.1) is 0 Å². The van der Waals surface area contributed by atoms with Gasteiger partial charge >= 0.3 is 0 Å². The minimum Gasteiger partial charge on any atom is -0.290 e. The van der Waals surface area contributed by atoms with Crippen molar-refractivity contribution >= 4 is 33.2 Å². The van der Waals surface area contributed by atoms with Crippen LogP contribution in [-0.2, 0) is 14.9 Å². The lowest BCUT2D eigenvalue weighted by Gasteiger charge is -2.04. The van der Waals surface area contributed by atoms with Crippen molar-refractivity contribution in [3.63, 3.8) is 0 Å². The average Bonchev–Trinajstić information content (AvgIpc) is 2.02. The minimum atomic E-state index is -3.70. The molecule has 1 rings (SSSR count). The Bertz CT molecular complexity index is 412. The zero-order valence-electron chi connectivity index (χ0n) is 7.12. The molecule has 0 heterocycles. The first-order valence-electron chi connectivity index (χ1n) is 3.46. The van der Waals surface area contributed by atoms with Gasteiger partial charge in [0.05, 0.1) is 12.0 Å². The van der Waals surface area contributed by atoms with Gasteiger partial charge in [-0.05, 0) is 18.2 Å². The van der Waals surface area contributed by atoms with Crippen LogP contribution in [0.25, 0.3) is 0 Å². The molecule has 0 unspecified atom stereocenters. The molecule has 1 aromatic carbocycles. The van der Waals surface area contributed by atoms with Crippen molar-refractivity contribution in [2.75, 3.05) is 7.11 Å². The summed E-state index contributed by atoms with van der Waals surface area (Å²) in [4.78, 5) is 6.12. The summed E-state index contributed by atoms with van der Waals surface area (Å²) in [6, 6.07) is 3.98. The van der Waals surface area contributed by atoms with E-state index >= 15 is 0 Å². The molecule has 0 saturated heterocycles. The summed E-state index contributed by atoms with van der Waals surface area (Å²) in [6.45, 7) is 0. The fourth-order valence-electron chi connectivity index (χ4n) is 0.842. The molecule has 1 aromatic rings. The van der Waals surface area contributed by atoms with E-state index in [0.717, 1.165) is 0 Å². The Kier molecular flexibility index (Phi) is 3.74. The van der Waals surface area contributed by atoms with Crippen LogP contribution in [0.1, 0.15) is 0 Å². The molecule has 0 fully saturated rings. The SMILES string of the molecule is CONS(=O)(=O)c1cc(Cl)cc(Cl)c1. The summed E-state index contributed by atoms with van der Waals surface area (Å²) in [5.41, 5.74) is 0. The summed E-state index contributed by atoms with van der Waals surface area (Å²) in [5.74, 6) is 0. The lowest BCUT2D eigenvalue weighted by molar-refractivity contribution is 0.153. The van der Waals surface area contributed by atoms with E-state index in [-0.39, 0.29) is 14.9 Å². The molecule has 0 spiro atoms. The van der Waals surface area contributed by atoms with Crippen molar-refractivity contribution in [3.8, 4) is 0 Å². The number of halogens is 2. The molecule has 4 nitrogen and oxygen atoms in total. The maximum Gasteiger partial charge on any atom is 0.262 e. The second kappa shape index (κ2) is 4.46. The molecule has 0 atom stereocenters. The molecule has 0 aliphatic rings. The van der Waals surface area contributed by atoms with Crippen LogP contribution in [0.3, 0.4) is 0 Å². The number of hydrogen-bond donors (Lipinski definition) is 1. The molecule has 7 heteroatoms. The van der Waals surface area contributed by atoms with Crippen molar-refractivity contribution in [2.24, 2.45) is 0 Å². The third kappa shape index (κ3) is 2.83. The minimum absolute atomic E-state index is 0.0446. The molecule has 0 aliphatic carbocycles. The molecule has 78 valence electrons. The number of benzene rings is 1. The molecule has 0 amide bonds. The molecular weight excluding hydrogens is 249 g/mol. The lowest BCUT2D eigenvalue weighted by atomic mass is 10.4. The molecule has 0 saturated carbocycles.